The molecule has 0 saturated heterocycles. The summed E-state index contributed by atoms with van der Waals surface area (Å²) in [6.45, 7) is 9.04. The first-order chi connectivity index (χ1) is 7.15. The first-order valence-electron chi connectivity index (χ1n) is 5.62. The molecule has 0 aromatic rings. The first kappa shape index (κ1) is 14.4. The fraction of sp³-hybridized carbons (Fsp3) is 0.692. The first-order valence-corrected chi connectivity index (χ1v) is 5.62. The van der Waals surface area contributed by atoms with Gasteiger partial charge in [0.25, 0.3) is 0 Å². The summed E-state index contributed by atoms with van der Waals surface area (Å²) < 4.78 is 10.7. The SMILES string of the molecule is CC=C(C=CCC(C)C)C(OC)OCC. The van der Waals surface area contributed by atoms with E-state index in [1.807, 2.05) is 19.9 Å². The minimum atomic E-state index is -0.233. The lowest BCUT2D eigenvalue weighted by atomic mass is 10.1. The van der Waals surface area contributed by atoms with Crippen molar-refractivity contribution in [3.05, 3.63) is 23.8 Å². The highest BCUT2D eigenvalue weighted by molar-refractivity contribution is 5.20. The molecule has 0 saturated carbocycles. The van der Waals surface area contributed by atoms with Crippen molar-refractivity contribution in [2.75, 3.05) is 13.7 Å². The average molecular weight is 212 g/mol. The molecule has 0 N–H and O–H groups in total. The monoisotopic (exact) mass is 212 g/mol. The third-order valence-electron chi connectivity index (χ3n) is 2.06. The number of allylic oxidation sites excluding steroid dienone is 2. The van der Waals surface area contributed by atoms with Crippen LogP contribution in [0.25, 0.3) is 0 Å². The molecule has 1 atom stereocenters. The second-order valence-corrected chi connectivity index (χ2v) is 3.84. The van der Waals surface area contributed by atoms with E-state index in [-0.39, 0.29) is 6.29 Å². The molecule has 0 aromatic carbocycles. The summed E-state index contributed by atoms with van der Waals surface area (Å²) in [7, 11) is 1.67. The van der Waals surface area contributed by atoms with Gasteiger partial charge < -0.3 is 9.47 Å². The van der Waals surface area contributed by atoms with Crippen LogP contribution in [0, 0.1) is 5.92 Å². The standard InChI is InChI=1S/C13H24O2/c1-6-12(10-8-9-11(3)4)13(14-5)15-7-2/h6,8,10-11,13H,7,9H2,1-5H3. The van der Waals surface area contributed by atoms with Gasteiger partial charge >= 0.3 is 0 Å². The van der Waals surface area contributed by atoms with E-state index in [4.69, 9.17) is 9.47 Å². The van der Waals surface area contributed by atoms with E-state index >= 15 is 0 Å². The Morgan fingerprint density at radius 1 is 1.33 bits per heavy atom. The van der Waals surface area contributed by atoms with Crippen LogP contribution in [-0.2, 0) is 9.47 Å². The van der Waals surface area contributed by atoms with Gasteiger partial charge in [-0.05, 0) is 26.2 Å². The Kier molecular flexibility index (Phi) is 8.34. The summed E-state index contributed by atoms with van der Waals surface area (Å²) in [5.74, 6) is 0.687. The zero-order chi connectivity index (χ0) is 11.7. The molecule has 0 amide bonds. The number of hydrogen-bond donors (Lipinski definition) is 0. The number of methoxy groups -OCH3 is 1. The Balaban J connectivity index is 4.28. The number of rotatable bonds is 7. The Labute approximate surface area is 94.0 Å². The normalized spacial score (nSPS) is 15.2. The van der Waals surface area contributed by atoms with Gasteiger partial charge in [0, 0.05) is 19.3 Å². The molecule has 88 valence electrons. The molecule has 1 unspecified atom stereocenters. The van der Waals surface area contributed by atoms with Gasteiger partial charge in [-0.1, -0.05) is 32.1 Å². The van der Waals surface area contributed by atoms with Gasteiger partial charge in [0.15, 0.2) is 6.29 Å². The molecule has 0 fully saturated rings. The maximum absolute atomic E-state index is 5.46. The van der Waals surface area contributed by atoms with Gasteiger partial charge in [-0.15, -0.1) is 0 Å². The van der Waals surface area contributed by atoms with Crippen molar-refractivity contribution in [3.8, 4) is 0 Å². The summed E-state index contributed by atoms with van der Waals surface area (Å²) in [5, 5.41) is 0. The molecule has 0 spiro atoms. The molecular weight excluding hydrogens is 188 g/mol. The van der Waals surface area contributed by atoms with E-state index in [1.54, 1.807) is 7.11 Å². The minimum absolute atomic E-state index is 0.233. The van der Waals surface area contributed by atoms with E-state index in [0.29, 0.717) is 12.5 Å². The third-order valence-corrected chi connectivity index (χ3v) is 2.06. The Morgan fingerprint density at radius 2 is 2.00 bits per heavy atom. The van der Waals surface area contributed by atoms with Gasteiger partial charge in [-0.25, -0.2) is 0 Å². The predicted molar refractivity (Wildman–Crippen MR) is 64.8 cm³/mol. The smallest absolute Gasteiger partial charge is 0.183 e. The highest BCUT2D eigenvalue weighted by Gasteiger charge is 2.09. The second-order valence-electron chi connectivity index (χ2n) is 3.84. The van der Waals surface area contributed by atoms with Crippen LogP contribution in [-0.4, -0.2) is 20.0 Å². The highest BCUT2D eigenvalue weighted by Crippen LogP contribution is 2.11. The van der Waals surface area contributed by atoms with Crippen molar-refractivity contribution in [2.24, 2.45) is 5.92 Å². The van der Waals surface area contributed by atoms with Gasteiger partial charge in [0.05, 0.1) is 0 Å². The van der Waals surface area contributed by atoms with E-state index in [1.165, 1.54) is 0 Å². The summed E-state index contributed by atoms with van der Waals surface area (Å²) in [6.07, 6.45) is 7.14. The summed E-state index contributed by atoms with van der Waals surface area (Å²) >= 11 is 0. The zero-order valence-electron chi connectivity index (χ0n) is 10.6. The van der Waals surface area contributed by atoms with Gasteiger partial charge in [-0.3, -0.25) is 0 Å². The van der Waals surface area contributed by atoms with Crippen LogP contribution in [0.4, 0.5) is 0 Å². The van der Waals surface area contributed by atoms with Crippen LogP contribution in [0.5, 0.6) is 0 Å². The predicted octanol–water partition coefficient (Wildman–Crippen LogP) is 3.54. The maximum Gasteiger partial charge on any atom is 0.183 e. The van der Waals surface area contributed by atoms with Crippen LogP contribution < -0.4 is 0 Å². The Bertz CT molecular complexity index is 205. The molecule has 2 nitrogen and oxygen atoms in total. The average Bonchev–Trinajstić information content (AvgIpc) is 2.21. The molecule has 0 aliphatic carbocycles. The summed E-state index contributed by atoms with van der Waals surface area (Å²) in [5.41, 5.74) is 1.08. The lowest BCUT2D eigenvalue weighted by Crippen LogP contribution is -2.17. The van der Waals surface area contributed by atoms with Crippen LogP contribution in [0.15, 0.2) is 23.8 Å². The van der Waals surface area contributed by atoms with Crippen LogP contribution in [0.2, 0.25) is 0 Å². The quantitative estimate of drug-likeness (QED) is 0.474. The molecule has 0 aromatic heterocycles. The van der Waals surface area contributed by atoms with Crippen molar-refractivity contribution in [3.63, 3.8) is 0 Å². The van der Waals surface area contributed by atoms with Crippen molar-refractivity contribution in [1.82, 2.24) is 0 Å². The highest BCUT2D eigenvalue weighted by atomic mass is 16.7. The summed E-state index contributed by atoms with van der Waals surface area (Å²) in [6, 6.07) is 0. The largest absolute Gasteiger partial charge is 0.352 e. The number of ether oxygens (including phenoxy) is 2. The van der Waals surface area contributed by atoms with E-state index in [9.17, 15) is 0 Å². The van der Waals surface area contributed by atoms with E-state index in [0.717, 1.165) is 12.0 Å². The van der Waals surface area contributed by atoms with E-state index < -0.39 is 0 Å². The van der Waals surface area contributed by atoms with Gasteiger partial charge in [-0.2, -0.15) is 0 Å². The minimum Gasteiger partial charge on any atom is -0.352 e. The lowest BCUT2D eigenvalue weighted by molar-refractivity contribution is -0.0917. The fourth-order valence-corrected chi connectivity index (χ4v) is 1.24. The molecule has 0 aliphatic heterocycles. The molecular formula is C13H24O2. The van der Waals surface area contributed by atoms with Crippen LogP contribution in [0.3, 0.4) is 0 Å². The lowest BCUT2D eigenvalue weighted by Gasteiger charge is -2.16. The topological polar surface area (TPSA) is 18.5 Å². The molecule has 0 rings (SSSR count). The molecule has 0 radical (unpaired) electrons. The third kappa shape index (κ3) is 6.47. The maximum atomic E-state index is 5.46. The Hall–Kier alpha value is -0.600. The molecule has 0 heterocycles. The fourth-order valence-electron chi connectivity index (χ4n) is 1.24. The molecule has 2 heteroatoms. The molecule has 0 aliphatic rings. The van der Waals surface area contributed by atoms with Gasteiger partial charge in [0.2, 0.25) is 0 Å². The second kappa shape index (κ2) is 8.69. The van der Waals surface area contributed by atoms with Crippen molar-refractivity contribution in [2.45, 2.75) is 40.4 Å². The van der Waals surface area contributed by atoms with Gasteiger partial charge in [0.1, 0.15) is 0 Å². The summed E-state index contributed by atoms with van der Waals surface area (Å²) in [4.78, 5) is 0. The molecule has 15 heavy (non-hydrogen) atoms. The van der Waals surface area contributed by atoms with E-state index in [2.05, 4.69) is 26.0 Å². The van der Waals surface area contributed by atoms with Crippen molar-refractivity contribution >= 4 is 0 Å². The van der Waals surface area contributed by atoms with Crippen molar-refractivity contribution in [1.29, 1.82) is 0 Å². The Morgan fingerprint density at radius 3 is 2.40 bits per heavy atom. The molecule has 0 bridgehead atoms. The zero-order valence-corrected chi connectivity index (χ0v) is 10.6. The number of hydrogen-bond acceptors (Lipinski definition) is 2. The van der Waals surface area contributed by atoms with Crippen LogP contribution >= 0.6 is 0 Å². The van der Waals surface area contributed by atoms with Crippen molar-refractivity contribution < 1.29 is 9.47 Å². The van der Waals surface area contributed by atoms with Crippen LogP contribution in [0.1, 0.15) is 34.1 Å².